The number of hydrogen-bond acceptors (Lipinski definition) is 4. The number of ether oxygens (including phenoxy) is 1. The first-order chi connectivity index (χ1) is 10.1. The van der Waals surface area contributed by atoms with Gasteiger partial charge in [-0.15, -0.1) is 0 Å². The molecule has 1 aromatic carbocycles. The van der Waals surface area contributed by atoms with Crippen LogP contribution < -0.4 is 0 Å². The predicted molar refractivity (Wildman–Crippen MR) is 87.9 cm³/mol. The van der Waals surface area contributed by atoms with Gasteiger partial charge in [-0.25, -0.2) is 4.98 Å². The van der Waals surface area contributed by atoms with Gasteiger partial charge in [0.25, 0.3) is 0 Å². The molecule has 21 heavy (non-hydrogen) atoms. The van der Waals surface area contributed by atoms with Crippen LogP contribution in [0.1, 0.15) is 26.7 Å². The molecule has 4 nitrogen and oxygen atoms in total. The number of nitrogens with zero attached hydrogens (tertiary/aromatic N) is 2. The van der Waals surface area contributed by atoms with Gasteiger partial charge in [0.2, 0.25) is 0 Å². The second-order valence-electron chi connectivity index (χ2n) is 5.25. The van der Waals surface area contributed by atoms with Crippen molar-refractivity contribution in [1.29, 1.82) is 0 Å². The monoisotopic (exact) mass is 308 g/mol. The molecule has 2 aromatic rings. The Labute approximate surface area is 130 Å². The van der Waals surface area contributed by atoms with Crippen molar-refractivity contribution in [2.75, 3.05) is 19.5 Å². The quantitative estimate of drug-likeness (QED) is 0.760. The summed E-state index contributed by atoms with van der Waals surface area (Å²) in [4.78, 5) is 4.70. The van der Waals surface area contributed by atoms with E-state index in [4.69, 9.17) is 9.72 Å². The number of hydrogen-bond donors (Lipinski definition) is 1. The normalized spacial score (nSPS) is 12.2. The molecule has 0 amide bonds. The Hall–Kier alpha value is -1.04. The summed E-state index contributed by atoms with van der Waals surface area (Å²) in [6.45, 7) is 5.48. The van der Waals surface area contributed by atoms with Crippen LogP contribution in [0.2, 0.25) is 0 Å². The zero-order chi connectivity index (χ0) is 15.3. The molecule has 1 aromatic heterocycles. The topological polar surface area (TPSA) is 47.3 Å². The smallest absolute Gasteiger partial charge is 0.169 e. The van der Waals surface area contributed by atoms with Gasteiger partial charge in [0.05, 0.1) is 23.2 Å². The second-order valence-corrected chi connectivity index (χ2v) is 6.19. The van der Waals surface area contributed by atoms with Gasteiger partial charge in [-0.1, -0.05) is 37.7 Å². The van der Waals surface area contributed by atoms with E-state index < -0.39 is 5.60 Å². The Bertz CT molecular complexity index is 579. The lowest BCUT2D eigenvalue weighted by molar-refractivity contribution is 0.0571. The van der Waals surface area contributed by atoms with Gasteiger partial charge in [0.1, 0.15) is 0 Å². The van der Waals surface area contributed by atoms with Crippen molar-refractivity contribution in [2.24, 2.45) is 0 Å². The lowest BCUT2D eigenvalue weighted by atomic mass is 10.0. The zero-order valence-corrected chi connectivity index (χ0v) is 13.8. The van der Waals surface area contributed by atoms with Crippen LogP contribution in [-0.4, -0.2) is 39.7 Å². The molecule has 0 aliphatic rings. The first kappa shape index (κ1) is 16.3. The van der Waals surface area contributed by atoms with E-state index in [1.807, 2.05) is 32.0 Å². The maximum atomic E-state index is 10.4. The third kappa shape index (κ3) is 3.78. The summed E-state index contributed by atoms with van der Waals surface area (Å²) in [5.41, 5.74) is 1.50. The molecule has 116 valence electrons. The number of para-hydroxylation sites is 2. The number of aromatic nitrogens is 2. The van der Waals surface area contributed by atoms with E-state index >= 15 is 0 Å². The number of imidazole rings is 1. The Morgan fingerprint density at radius 1 is 1.29 bits per heavy atom. The van der Waals surface area contributed by atoms with E-state index in [1.54, 1.807) is 18.9 Å². The van der Waals surface area contributed by atoms with Gasteiger partial charge >= 0.3 is 0 Å². The van der Waals surface area contributed by atoms with Crippen molar-refractivity contribution in [1.82, 2.24) is 9.55 Å². The first-order valence-electron chi connectivity index (χ1n) is 7.43. The molecule has 0 atom stereocenters. The highest BCUT2D eigenvalue weighted by atomic mass is 32.2. The molecular formula is C16H24N2O2S. The highest BCUT2D eigenvalue weighted by molar-refractivity contribution is 7.99. The van der Waals surface area contributed by atoms with Crippen molar-refractivity contribution in [3.8, 4) is 0 Å². The van der Waals surface area contributed by atoms with Crippen molar-refractivity contribution < 1.29 is 9.84 Å². The summed E-state index contributed by atoms with van der Waals surface area (Å²) in [7, 11) is 1.71. The number of aliphatic hydroxyl groups is 1. The fourth-order valence-corrected chi connectivity index (χ4v) is 3.53. The number of methoxy groups -OCH3 is 1. The average molecular weight is 308 g/mol. The third-order valence-corrected chi connectivity index (χ3v) is 5.18. The minimum atomic E-state index is -0.616. The van der Waals surface area contributed by atoms with Crippen LogP contribution in [0.4, 0.5) is 0 Å². The van der Waals surface area contributed by atoms with Gasteiger partial charge in [-0.2, -0.15) is 0 Å². The molecule has 0 saturated heterocycles. The Morgan fingerprint density at radius 2 is 2.00 bits per heavy atom. The van der Waals surface area contributed by atoms with Gasteiger partial charge in [0.15, 0.2) is 5.16 Å². The van der Waals surface area contributed by atoms with Crippen LogP contribution in [0.15, 0.2) is 29.4 Å². The van der Waals surface area contributed by atoms with Crippen LogP contribution in [0.3, 0.4) is 0 Å². The lowest BCUT2D eigenvalue weighted by Gasteiger charge is -2.24. The number of rotatable bonds is 8. The van der Waals surface area contributed by atoms with Gasteiger partial charge in [-0.3, -0.25) is 0 Å². The standard InChI is InChI=1S/C16H24N2O2S/c1-4-16(19,5-2)12-21-15-17-13-8-6-7-9-14(13)18(15)10-11-20-3/h6-9,19H,4-5,10-12H2,1-3H3. The zero-order valence-electron chi connectivity index (χ0n) is 13.0. The van der Waals surface area contributed by atoms with Gasteiger partial charge in [-0.05, 0) is 25.0 Å². The van der Waals surface area contributed by atoms with Crippen LogP contribution in [0, 0.1) is 0 Å². The molecule has 0 saturated carbocycles. The highest BCUT2D eigenvalue weighted by Crippen LogP contribution is 2.29. The van der Waals surface area contributed by atoms with E-state index in [0.29, 0.717) is 12.4 Å². The molecule has 0 unspecified atom stereocenters. The molecule has 5 heteroatoms. The summed E-state index contributed by atoms with van der Waals surface area (Å²) < 4.78 is 7.38. The molecule has 0 aliphatic carbocycles. The predicted octanol–water partition coefficient (Wildman–Crippen LogP) is 3.33. The van der Waals surface area contributed by atoms with Crippen molar-refractivity contribution in [3.05, 3.63) is 24.3 Å². The Kier molecular flexibility index (Phi) is 5.67. The SMILES string of the molecule is CCC(O)(CC)CSc1nc2ccccc2n1CCOC. The summed E-state index contributed by atoms with van der Waals surface area (Å²) in [6.07, 6.45) is 1.52. The minimum absolute atomic E-state index is 0.616. The molecule has 2 rings (SSSR count). The van der Waals surface area contributed by atoms with Crippen molar-refractivity contribution >= 4 is 22.8 Å². The summed E-state index contributed by atoms with van der Waals surface area (Å²) in [5, 5.41) is 11.4. The fourth-order valence-electron chi connectivity index (χ4n) is 2.22. The van der Waals surface area contributed by atoms with Crippen molar-refractivity contribution in [3.63, 3.8) is 0 Å². The van der Waals surface area contributed by atoms with Crippen LogP contribution >= 0.6 is 11.8 Å². The molecule has 1 heterocycles. The molecule has 0 bridgehead atoms. The highest BCUT2D eigenvalue weighted by Gasteiger charge is 2.23. The average Bonchev–Trinajstić information content (AvgIpc) is 2.88. The summed E-state index contributed by atoms with van der Waals surface area (Å²) >= 11 is 1.63. The van der Waals surface area contributed by atoms with Crippen LogP contribution in [0.5, 0.6) is 0 Å². The van der Waals surface area contributed by atoms with E-state index in [9.17, 15) is 5.11 Å². The first-order valence-corrected chi connectivity index (χ1v) is 8.41. The fraction of sp³-hybridized carbons (Fsp3) is 0.562. The van der Waals surface area contributed by atoms with E-state index in [2.05, 4.69) is 10.6 Å². The van der Waals surface area contributed by atoms with E-state index in [0.717, 1.165) is 35.6 Å². The number of thioether (sulfide) groups is 1. The summed E-state index contributed by atoms with van der Waals surface area (Å²) in [5.74, 6) is 0.663. The lowest BCUT2D eigenvalue weighted by Crippen LogP contribution is -2.29. The molecule has 0 spiro atoms. The number of fused-ring (bicyclic) bond motifs is 1. The molecular weight excluding hydrogens is 284 g/mol. The van der Waals surface area contributed by atoms with Gasteiger partial charge < -0.3 is 14.4 Å². The van der Waals surface area contributed by atoms with Crippen LogP contribution in [-0.2, 0) is 11.3 Å². The van der Waals surface area contributed by atoms with Crippen LogP contribution in [0.25, 0.3) is 11.0 Å². The number of benzene rings is 1. The molecule has 0 radical (unpaired) electrons. The maximum absolute atomic E-state index is 10.4. The Balaban J connectivity index is 2.25. The Morgan fingerprint density at radius 3 is 2.67 bits per heavy atom. The molecule has 1 N–H and O–H groups in total. The molecule has 0 fully saturated rings. The largest absolute Gasteiger partial charge is 0.389 e. The summed E-state index contributed by atoms with van der Waals surface area (Å²) in [6, 6.07) is 8.12. The maximum Gasteiger partial charge on any atom is 0.169 e. The van der Waals surface area contributed by atoms with E-state index in [-0.39, 0.29) is 0 Å². The third-order valence-electron chi connectivity index (χ3n) is 3.92. The second kappa shape index (κ2) is 7.29. The minimum Gasteiger partial charge on any atom is -0.389 e. The van der Waals surface area contributed by atoms with E-state index in [1.165, 1.54) is 0 Å². The van der Waals surface area contributed by atoms with Gasteiger partial charge in [0, 0.05) is 19.4 Å². The molecule has 0 aliphatic heterocycles. The van der Waals surface area contributed by atoms with Crippen molar-refractivity contribution in [2.45, 2.75) is 44.0 Å².